The van der Waals surface area contributed by atoms with Gasteiger partial charge in [-0.15, -0.1) is 0 Å². The van der Waals surface area contributed by atoms with Crippen LogP contribution in [0.4, 0.5) is 8.78 Å². The summed E-state index contributed by atoms with van der Waals surface area (Å²) in [4.78, 5) is 11.2. The first-order valence-electron chi connectivity index (χ1n) is 5.32. The second kappa shape index (κ2) is 6.30. The van der Waals surface area contributed by atoms with E-state index in [-0.39, 0.29) is 24.8 Å². The van der Waals surface area contributed by atoms with Crippen LogP contribution in [0, 0.1) is 11.6 Å². The van der Waals surface area contributed by atoms with E-state index in [0.717, 1.165) is 18.2 Å². The average molecular weight is 243 g/mol. The number of hydrogen-bond donors (Lipinski definition) is 1. The molecule has 0 aliphatic rings. The van der Waals surface area contributed by atoms with Gasteiger partial charge < -0.3 is 10.1 Å². The van der Waals surface area contributed by atoms with E-state index in [1.807, 2.05) is 13.8 Å². The molecular formula is C12H15F2NO2. The fourth-order valence-electron chi connectivity index (χ4n) is 1.15. The monoisotopic (exact) mass is 243 g/mol. The molecule has 0 heterocycles. The first kappa shape index (κ1) is 13.6. The van der Waals surface area contributed by atoms with Crippen molar-refractivity contribution in [3.63, 3.8) is 0 Å². The number of benzene rings is 1. The van der Waals surface area contributed by atoms with Gasteiger partial charge >= 0.3 is 5.97 Å². The van der Waals surface area contributed by atoms with Gasteiger partial charge in [0.15, 0.2) is 0 Å². The summed E-state index contributed by atoms with van der Waals surface area (Å²) in [5.41, 5.74) is 0.0305. The molecule has 0 unspecified atom stereocenters. The Bertz CT molecular complexity index is 394. The third-order valence-corrected chi connectivity index (χ3v) is 2.05. The molecule has 0 spiro atoms. The molecule has 0 aliphatic heterocycles. The van der Waals surface area contributed by atoms with E-state index in [4.69, 9.17) is 4.74 Å². The van der Waals surface area contributed by atoms with Crippen LogP contribution in [0.2, 0.25) is 0 Å². The summed E-state index contributed by atoms with van der Waals surface area (Å²) in [6.07, 6.45) is 0. The van der Waals surface area contributed by atoms with Crippen LogP contribution in [0.5, 0.6) is 0 Å². The standard InChI is InChI=1S/C12H15F2NO2/c1-8(2)15-6-12(16)17-7-9-5-10(13)3-4-11(9)14/h3-5,8,15H,6-7H2,1-2H3. The molecule has 0 bridgehead atoms. The summed E-state index contributed by atoms with van der Waals surface area (Å²) in [5, 5.41) is 2.87. The maximum Gasteiger partial charge on any atom is 0.320 e. The minimum Gasteiger partial charge on any atom is -0.460 e. The van der Waals surface area contributed by atoms with E-state index >= 15 is 0 Å². The van der Waals surface area contributed by atoms with Crippen molar-refractivity contribution in [2.45, 2.75) is 26.5 Å². The first-order valence-corrected chi connectivity index (χ1v) is 5.32. The summed E-state index contributed by atoms with van der Waals surface area (Å²) in [6, 6.07) is 3.19. The van der Waals surface area contributed by atoms with Gasteiger partial charge in [0.25, 0.3) is 0 Å². The maximum absolute atomic E-state index is 13.2. The highest BCUT2D eigenvalue weighted by atomic mass is 19.1. The van der Waals surface area contributed by atoms with Crippen LogP contribution >= 0.6 is 0 Å². The van der Waals surface area contributed by atoms with Gasteiger partial charge in [0.1, 0.15) is 18.2 Å². The molecule has 1 aromatic rings. The van der Waals surface area contributed by atoms with E-state index in [0.29, 0.717) is 0 Å². The molecule has 1 N–H and O–H groups in total. The molecule has 94 valence electrons. The zero-order chi connectivity index (χ0) is 12.8. The fraction of sp³-hybridized carbons (Fsp3) is 0.417. The van der Waals surface area contributed by atoms with Crippen molar-refractivity contribution in [2.24, 2.45) is 0 Å². The third-order valence-electron chi connectivity index (χ3n) is 2.05. The third kappa shape index (κ3) is 4.91. The molecule has 1 aromatic carbocycles. The Morgan fingerprint density at radius 1 is 1.41 bits per heavy atom. The van der Waals surface area contributed by atoms with Gasteiger partial charge in [-0.3, -0.25) is 4.79 Å². The highest BCUT2D eigenvalue weighted by Crippen LogP contribution is 2.10. The van der Waals surface area contributed by atoms with Gasteiger partial charge in [-0.25, -0.2) is 8.78 Å². The topological polar surface area (TPSA) is 38.3 Å². The Morgan fingerprint density at radius 2 is 2.12 bits per heavy atom. The van der Waals surface area contributed by atoms with Crippen molar-refractivity contribution < 1.29 is 18.3 Å². The quantitative estimate of drug-likeness (QED) is 0.804. The maximum atomic E-state index is 13.2. The number of esters is 1. The lowest BCUT2D eigenvalue weighted by Crippen LogP contribution is -2.30. The number of nitrogens with one attached hydrogen (secondary N) is 1. The molecule has 0 atom stereocenters. The van der Waals surface area contributed by atoms with Gasteiger partial charge in [0.05, 0.1) is 6.54 Å². The van der Waals surface area contributed by atoms with Crippen LogP contribution in [0.15, 0.2) is 18.2 Å². The summed E-state index contributed by atoms with van der Waals surface area (Å²) in [7, 11) is 0. The summed E-state index contributed by atoms with van der Waals surface area (Å²) in [5.74, 6) is -1.64. The van der Waals surface area contributed by atoms with Crippen LogP contribution < -0.4 is 5.32 Å². The van der Waals surface area contributed by atoms with Gasteiger partial charge in [-0.05, 0) is 18.2 Å². The number of hydrogen-bond acceptors (Lipinski definition) is 3. The van der Waals surface area contributed by atoms with E-state index in [9.17, 15) is 13.6 Å². The zero-order valence-electron chi connectivity index (χ0n) is 9.80. The summed E-state index contributed by atoms with van der Waals surface area (Å²) < 4.78 is 30.8. The molecule has 0 aromatic heterocycles. The fourth-order valence-corrected chi connectivity index (χ4v) is 1.15. The zero-order valence-corrected chi connectivity index (χ0v) is 9.80. The van der Waals surface area contributed by atoms with Gasteiger partial charge in [-0.1, -0.05) is 13.8 Å². The van der Waals surface area contributed by atoms with E-state index < -0.39 is 17.6 Å². The van der Waals surface area contributed by atoms with Crippen molar-refractivity contribution in [3.8, 4) is 0 Å². The lowest BCUT2D eigenvalue weighted by atomic mass is 10.2. The lowest BCUT2D eigenvalue weighted by Gasteiger charge is -2.08. The minimum atomic E-state index is -0.587. The Labute approximate surface area is 98.8 Å². The van der Waals surface area contributed by atoms with Crippen molar-refractivity contribution in [2.75, 3.05) is 6.54 Å². The Morgan fingerprint density at radius 3 is 2.76 bits per heavy atom. The Kier molecular flexibility index (Phi) is 5.03. The number of halogens is 2. The Balaban J connectivity index is 2.44. The van der Waals surface area contributed by atoms with Crippen LogP contribution in [0.1, 0.15) is 19.4 Å². The number of carbonyl (C=O) groups excluding carboxylic acids is 1. The molecule has 17 heavy (non-hydrogen) atoms. The molecule has 0 amide bonds. The molecule has 0 saturated carbocycles. The molecule has 3 nitrogen and oxygen atoms in total. The molecule has 1 rings (SSSR count). The van der Waals surface area contributed by atoms with Crippen LogP contribution in [-0.4, -0.2) is 18.6 Å². The minimum absolute atomic E-state index is 0.0305. The lowest BCUT2D eigenvalue weighted by molar-refractivity contribution is -0.144. The van der Waals surface area contributed by atoms with Crippen molar-refractivity contribution in [3.05, 3.63) is 35.4 Å². The van der Waals surface area contributed by atoms with Gasteiger partial charge in [0, 0.05) is 11.6 Å². The molecule has 0 saturated heterocycles. The Hall–Kier alpha value is -1.49. The smallest absolute Gasteiger partial charge is 0.320 e. The van der Waals surface area contributed by atoms with Crippen LogP contribution in [0.3, 0.4) is 0 Å². The molecule has 0 radical (unpaired) electrons. The highest BCUT2D eigenvalue weighted by molar-refractivity contribution is 5.71. The number of ether oxygens (including phenoxy) is 1. The van der Waals surface area contributed by atoms with E-state index in [1.54, 1.807) is 0 Å². The normalized spacial score (nSPS) is 10.6. The van der Waals surface area contributed by atoms with E-state index in [2.05, 4.69) is 5.32 Å². The first-order chi connectivity index (χ1) is 7.99. The SMILES string of the molecule is CC(C)NCC(=O)OCc1cc(F)ccc1F. The number of rotatable bonds is 5. The molecule has 5 heteroatoms. The predicted molar refractivity (Wildman–Crippen MR) is 59.3 cm³/mol. The molecule has 0 fully saturated rings. The number of carbonyl (C=O) groups is 1. The predicted octanol–water partition coefficient (Wildman–Crippen LogP) is 2.01. The van der Waals surface area contributed by atoms with Crippen molar-refractivity contribution in [1.29, 1.82) is 0 Å². The second-order valence-corrected chi connectivity index (χ2v) is 3.93. The molecule has 0 aliphatic carbocycles. The average Bonchev–Trinajstić information content (AvgIpc) is 2.27. The van der Waals surface area contributed by atoms with Crippen LogP contribution in [-0.2, 0) is 16.1 Å². The second-order valence-electron chi connectivity index (χ2n) is 3.93. The van der Waals surface area contributed by atoms with E-state index in [1.165, 1.54) is 0 Å². The highest BCUT2D eigenvalue weighted by Gasteiger charge is 2.08. The van der Waals surface area contributed by atoms with Crippen molar-refractivity contribution in [1.82, 2.24) is 5.32 Å². The molecular weight excluding hydrogens is 228 g/mol. The van der Waals surface area contributed by atoms with Crippen molar-refractivity contribution >= 4 is 5.97 Å². The largest absolute Gasteiger partial charge is 0.460 e. The summed E-state index contributed by atoms with van der Waals surface area (Å²) in [6.45, 7) is 3.57. The summed E-state index contributed by atoms with van der Waals surface area (Å²) >= 11 is 0. The van der Waals surface area contributed by atoms with Gasteiger partial charge in [0.2, 0.25) is 0 Å². The van der Waals surface area contributed by atoms with Crippen LogP contribution in [0.25, 0.3) is 0 Å². The van der Waals surface area contributed by atoms with Gasteiger partial charge in [-0.2, -0.15) is 0 Å².